The summed E-state index contributed by atoms with van der Waals surface area (Å²) in [5, 5.41) is 0.839. The number of likely N-dealkylation sites (tertiary alicyclic amines) is 1. The average molecular weight is 239 g/mol. The van der Waals surface area contributed by atoms with Crippen LogP contribution in [0.5, 0.6) is 0 Å². The fraction of sp³-hybridized carbons (Fsp3) is 0.538. The van der Waals surface area contributed by atoms with Gasteiger partial charge < -0.3 is 5.73 Å². The van der Waals surface area contributed by atoms with Crippen LogP contribution in [0.2, 0.25) is 5.02 Å². The minimum absolute atomic E-state index is 0.214. The van der Waals surface area contributed by atoms with E-state index in [0.29, 0.717) is 6.04 Å². The van der Waals surface area contributed by atoms with Gasteiger partial charge in [0.25, 0.3) is 0 Å². The van der Waals surface area contributed by atoms with Crippen molar-refractivity contribution in [3.63, 3.8) is 0 Å². The summed E-state index contributed by atoms with van der Waals surface area (Å²) in [6, 6.07) is 8.57. The highest BCUT2D eigenvalue weighted by atomic mass is 35.5. The Balaban J connectivity index is 2.26. The molecule has 0 aromatic heterocycles. The van der Waals surface area contributed by atoms with Crippen molar-refractivity contribution < 1.29 is 0 Å². The second-order valence-corrected chi connectivity index (χ2v) is 4.86. The minimum Gasteiger partial charge on any atom is -0.326 e. The molecule has 1 heterocycles. The Morgan fingerprint density at radius 3 is 2.88 bits per heavy atom. The first-order valence-electron chi connectivity index (χ1n) is 5.98. The second kappa shape index (κ2) is 5.17. The van der Waals surface area contributed by atoms with Gasteiger partial charge in [-0.05, 0) is 31.0 Å². The predicted molar refractivity (Wildman–Crippen MR) is 68.6 cm³/mol. The van der Waals surface area contributed by atoms with Gasteiger partial charge in [0, 0.05) is 17.6 Å². The molecule has 2 unspecified atom stereocenters. The molecule has 1 aliphatic heterocycles. The van der Waals surface area contributed by atoms with E-state index in [9.17, 15) is 0 Å². The van der Waals surface area contributed by atoms with Crippen LogP contribution in [-0.4, -0.2) is 24.0 Å². The summed E-state index contributed by atoms with van der Waals surface area (Å²) in [5.41, 5.74) is 7.38. The molecule has 0 radical (unpaired) electrons. The van der Waals surface area contributed by atoms with Gasteiger partial charge in [0.05, 0.1) is 6.04 Å². The van der Waals surface area contributed by atoms with Crippen LogP contribution in [0, 0.1) is 0 Å². The normalized spacial score (nSPS) is 26.2. The molecule has 2 atom stereocenters. The number of benzene rings is 1. The van der Waals surface area contributed by atoms with Crippen LogP contribution in [0.25, 0.3) is 0 Å². The highest BCUT2D eigenvalue weighted by Gasteiger charge is 2.33. The van der Waals surface area contributed by atoms with E-state index in [0.717, 1.165) is 31.0 Å². The molecule has 0 saturated carbocycles. The summed E-state index contributed by atoms with van der Waals surface area (Å²) >= 11 is 6.25. The molecule has 1 aliphatic rings. The van der Waals surface area contributed by atoms with Crippen LogP contribution in [-0.2, 0) is 0 Å². The zero-order chi connectivity index (χ0) is 11.5. The number of nitrogens with two attached hydrogens (primary N) is 1. The number of nitrogens with zero attached hydrogens (tertiary/aromatic N) is 1. The molecular weight excluding hydrogens is 220 g/mol. The zero-order valence-electron chi connectivity index (χ0n) is 9.70. The Kier molecular flexibility index (Phi) is 3.85. The van der Waals surface area contributed by atoms with Crippen LogP contribution in [0.4, 0.5) is 0 Å². The Labute approximate surface area is 102 Å². The molecule has 2 N–H and O–H groups in total. The van der Waals surface area contributed by atoms with Gasteiger partial charge in [-0.2, -0.15) is 0 Å². The zero-order valence-corrected chi connectivity index (χ0v) is 10.5. The average Bonchev–Trinajstić information content (AvgIpc) is 2.62. The first-order valence-corrected chi connectivity index (χ1v) is 6.36. The quantitative estimate of drug-likeness (QED) is 0.878. The molecule has 88 valence electrons. The monoisotopic (exact) mass is 238 g/mol. The van der Waals surface area contributed by atoms with Gasteiger partial charge in [-0.25, -0.2) is 0 Å². The maximum atomic E-state index is 6.25. The summed E-state index contributed by atoms with van der Waals surface area (Å²) in [5.74, 6) is 0. The van der Waals surface area contributed by atoms with E-state index >= 15 is 0 Å². The topological polar surface area (TPSA) is 29.3 Å². The largest absolute Gasteiger partial charge is 0.326 e. The Morgan fingerprint density at radius 1 is 1.44 bits per heavy atom. The first-order chi connectivity index (χ1) is 7.74. The van der Waals surface area contributed by atoms with Crippen LogP contribution in [0.3, 0.4) is 0 Å². The number of rotatable bonds is 3. The minimum atomic E-state index is 0.214. The third kappa shape index (κ3) is 2.24. The summed E-state index contributed by atoms with van der Waals surface area (Å²) in [4.78, 5) is 2.45. The molecule has 1 aromatic rings. The predicted octanol–water partition coefficient (Wildman–Crippen LogP) is 2.82. The molecule has 0 aliphatic carbocycles. The summed E-state index contributed by atoms with van der Waals surface area (Å²) in [7, 11) is 0. The molecular formula is C13H19ClN2. The van der Waals surface area contributed by atoms with E-state index in [1.54, 1.807) is 0 Å². The van der Waals surface area contributed by atoms with E-state index in [1.807, 2.05) is 18.2 Å². The molecule has 2 nitrogen and oxygen atoms in total. The Morgan fingerprint density at radius 2 is 2.19 bits per heavy atom. The van der Waals surface area contributed by atoms with Gasteiger partial charge >= 0.3 is 0 Å². The third-order valence-corrected chi connectivity index (χ3v) is 3.63. The Bertz CT molecular complexity index is 352. The van der Waals surface area contributed by atoms with E-state index in [4.69, 9.17) is 17.3 Å². The molecule has 0 amide bonds. The fourth-order valence-corrected chi connectivity index (χ4v) is 2.81. The number of hydrogen-bond donors (Lipinski definition) is 1. The highest BCUT2D eigenvalue weighted by Crippen LogP contribution is 2.34. The number of halogens is 1. The smallest absolute Gasteiger partial charge is 0.0514 e. The highest BCUT2D eigenvalue weighted by molar-refractivity contribution is 6.31. The van der Waals surface area contributed by atoms with Crippen molar-refractivity contribution in [2.24, 2.45) is 5.73 Å². The van der Waals surface area contributed by atoms with Crippen molar-refractivity contribution in [1.29, 1.82) is 0 Å². The van der Waals surface area contributed by atoms with Crippen LogP contribution < -0.4 is 5.73 Å². The molecule has 1 fully saturated rings. The van der Waals surface area contributed by atoms with Gasteiger partial charge in [-0.3, -0.25) is 4.90 Å². The molecule has 16 heavy (non-hydrogen) atoms. The summed E-state index contributed by atoms with van der Waals surface area (Å²) in [6.07, 6.45) is 2.23. The third-order valence-electron chi connectivity index (χ3n) is 3.28. The molecule has 0 spiro atoms. The molecule has 0 bridgehead atoms. The van der Waals surface area contributed by atoms with Gasteiger partial charge in [0.2, 0.25) is 0 Å². The van der Waals surface area contributed by atoms with Crippen molar-refractivity contribution >= 4 is 11.6 Å². The lowest BCUT2D eigenvalue weighted by Gasteiger charge is -2.27. The lowest BCUT2D eigenvalue weighted by molar-refractivity contribution is 0.248. The SMILES string of the molecule is CCCN1CCC(N)C1c1ccccc1Cl. The van der Waals surface area contributed by atoms with Crippen molar-refractivity contribution in [3.8, 4) is 0 Å². The molecule has 2 rings (SSSR count). The number of hydrogen-bond acceptors (Lipinski definition) is 2. The lowest BCUT2D eigenvalue weighted by Crippen LogP contribution is -2.32. The van der Waals surface area contributed by atoms with Gasteiger partial charge in [-0.15, -0.1) is 0 Å². The molecule has 1 saturated heterocycles. The van der Waals surface area contributed by atoms with Crippen molar-refractivity contribution in [1.82, 2.24) is 4.90 Å². The van der Waals surface area contributed by atoms with Crippen LogP contribution >= 0.6 is 11.6 Å². The van der Waals surface area contributed by atoms with Crippen molar-refractivity contribution in [2.75, 3.05) is 13.1 Å². The second-order valence-electron chi connectivity index (χ2n) is 4.45. The van der Waals surface area contributed by atoms with E-state index in [2.05, 4.69) is 17.9 Å². The van der Waals surface area contributed by atoms with Gasteiger partial charge in [-0.1, -0.05) is 36.7 Å². The summed E-state index contributed by atoms with van der Waals surface area (Å²) < 4.78 is 0. The van der Waals surface area contributed by atoms with Crippen LogP contribution in [0.15, 0.2) is 24.3 Å². The Hall–Kier alpha value is -0.570. The van der Waals surface area contributed by atoms with E-state index in [-0.39, 0.29) is 6.04 Å². The fourth-order valence-electron chi connectivity index (χ4n) is 2.56. The van der Waals surface area contributed by atoms with Crippen LogP contribution in [0.1, 0.15) is 31.4 Å². The maximum Gasteiger partial charge on any atom is 0.0514 e. The van der Waals surface area contributed by atoms with Crippen molar-refractivity contribution in [3.05, 3.63) is 34.9 Å². The van der Waals surface area contributed by atoms with E-state index in [1.165, 1.54) is 5.56 Å². The summed E-state index contributed by atoms with van der Waals surface area (Å²) in [6.45, 7) is 4.39. The maximum absolute atomic E-state index is 6.25. The van der Waals surface area contributed by atoms with Crippen molar-refractivity contribution in [2.45, 2.75) is 31.8 Å². The standard InChI is InChI=1S/C13H19ClN2/c1-2-8-16-9-7-12(15)13(16)10-5-3-4-6-11(10)14/h3-6,12-13H,2,7-9,15H2,1H3. The molecule has 3 heteroatoms. The van der Waals surface area contributed by atoms with Gasteiger partial charge in [0.15, 0.2) is 0 Å². The van der Waals surface area contributed by atoms with Gasteiger partial charge in [0.1, 0.15) is 0 Å². The lowest BCUT2D eigenvalue weighted by atomic mass is 10.0. The van der Waals surface area contributed by atoms with E-state index < -0.39 is 0 Å². The molecule has 1 aromatic carbocycles. The first kappa shape index (κ1) is 11.9.